The van der Waals surface area contributed by atoms with Gasteiger partial charge < -0.3 is 13.7 Å². The zero-order valence-electron chi connectivity index (χ0n) is 12.4. The van der Waals surface area contributed by atoms with Gasteiger partial charge in [0.15, 0.2) is 8.32 Å². The number of hydrogen-bond acceptors (Lipinski definition) is 4. The van der Waals surface area contributed by atoms with Crippen molar-refractivity contribution in [2.24, 2.45) is 5.11 Å². The van der Waals surface area contributed by atoms with E-state index in [1.54, 1.807) is 0 Å². The Morgan fingerprint density at radius 1 is 1.47 bits per heavy atom. The van der Waals surface area contributed by atoms with Gasteiger partial charge in [-0.05, 0) is 30.1 Å². The lowest BCUT2D eigenvalue weighted by atomic mass is 10.1. The second kappa shape index (κ2) is 6.76. The molecule has 1 rings (SSSR count). The Kier molecular flexibility index (Phi) is 5.88. The van der Waals surface area contributed by atoms with E-state index < -0.39 is 8.32 Å². The summed E-state index contributed by atoms with van der Waals surface area (Å²) in [5.74, 6) is 0. The molecule has 1 radical (unpaired) electrons. The van der Waals surface area contributed by atoms with E-state index in [4.69, 9.17) is 19.3 Å². The maximum atomic E-state index is 8.51. The van der Waals surface area contributed by atoms with E-state index in [9.17, 15) is 0 Å². The Hall–Kier alpha value is -0.528. The predicted molar refractivity (Wildman–Crippen MR) is 77.3 cm³/mol. The number of hydrogen-bond donors (Lipinski definition) is 0. The van der Waals surface area contributed by atoms with Crippen molar-refractivity contribution in [1.29, 1.82) is 0 Å². The lowest BCUT2D eigenvalue weighted by Gasteiger charge is -2.37. The van der Waals surface area contributed by atoms with Crippen LogP contribution in [-0.4, -0.2) is 41.4 Å². The van der Waals surface area contributed by atoms with Gasteiger partial charge in [-0.25, -0.2) is 0 Å². The van der Waals surface area contributed by atoms with Crippen LogP contribution in [0.15, 0.2) is 5.11 Å². The van der Waals surface area contributed by atoms with Crippen molar-refractivity contribution in [2.45, 2.75) is 57.5 Å². The summed E-state index contributed by atoms with van der Waals surface area (Å²) in [7, 11) is -0.411. The molecule has 1 fully saturated rings. The van der Waals surface area contributed by atoms with Crippen LogP contribution in [0.3, 0.4) is 0 Å². The fourth-order valence-electron chi connectivity index (χ4n) is 1.53. The second-order valence-corrected chi connectivity index (χ2v) is 11.1. The summed E-state index contributed by atoms with van der Waals surface area (Å²) in [6, 6.07) is -0.280. The molecule has 0 saturated carbocycles. The van der Waals surface area contributed by atoms with Crippen molar-refractivity contribution in [3.8, 4) is 0 Å². The fraction of sp³-hybridized carbons (Fsp3) is 1.00. The van der Waals surface area contributed by atoms with Gasteiger partial charge in [0.1, 0.15) is 0 Å². The quantitative estimate of drug-likeness (QED) is 0.337. The molecule has 2 atom stereocenters. The monoisotopic (exact) mass is 284 g/mol. The highest BCUT2D eigenvalue weighted by atomic mass is 28.4. The number of rotatable bonds is 5. The third-order valence-corrected chi connectivity index (χ3v) is 8.40. The summed E-state index contributed by atoms with van der Waals surface area (Å²) in [5.41, 5.74) is 8.51. The lowest BCUT2D eigenvalue weighted by Crippen LogP contribution is -2.43. The standard InChI is InChI=1S/C11H23BN3O3Si/c1-11(2,3)19(4,5)17-7-6-10-9(14-15-13)8-16-12-18-10/h9-10H,6-8H2,1-5H3/t9-,10+/m0/s1. The van der Waals surface area contributed by atoms with Crippen LogP contribution in [-0.2, 0) is 13.7 Å². The van der Waals surface area contributed by atoms with Gasteiger partial charge in [0.2, 0.25) is 0 Å². The molecule has 0 amide bonds. The Labute approximate surface area is 116 Å². The Balaban J connectivity index is 2.45. The largest absolute Gasteiger partial charge is 0.488 e. The maximum absolute atomic E-state index is 8.51. The first-order valence-electron chi connectivity index (χ1n) is 6.55. The van der Waals surface area contributed by atoms with E-state index in [2.05, 4.69) is 43.9 Å². The fourth-order valence-corrected chi connectivity index (χ4v) is 2.59. The van der Waals surface area contributed by atoms with E-state index >= 15 is 0 Å². The average Bonchev–Trinajstić information content (AvgIpc) is 2.30. The molecular weight excluding hydrogens is 261 g/mol. The third kappa shape index (κ3) is 4.82. The van der Waals surface area contributed by atoms with Crippen LogP contribution in [0, 0.1) is 0 Å². The van der Waals surface area contributed by atoms with Gasteiger partial charge in [0, 0.05) is 18.1 Å². The van der Waals surface area contributed by atoms with Crippen LogP contribution in [0.1, 0.15) is 27.2 Å². The van der Waals surface area contributed by atoms with E-state index in [0.29, 0.717) is 19.6 Å². The summed E-state index contributed by atoms with van der Waals surface area (Å²) < 4.78 is 16.5. The summed E-state index contributed by atoms with van der Waals surface area (Å²) in [5, 5.41) is 3.89. The molecule has 107 valence electrons. The summed E-state index contributed by atoms with van der Waals surface area (Å²) in [6.45, 7) is 12.0. The minimum atomic E-state index is -1.73. The van der Waals surface area contributed by atoms with Crippen molar-refractivity contribution in [3.05, 3.63) is 10.4 Å². The van der Waals surface area contributed by atoms with Crippen molar-refractivity contribution >= 4 is 16.0 Å². The van der Waals surface area contributed by atoms with E-state index in [1.165, 1.54) is 7.69 Å². The van der Waals surface area contributed by atoms with E-state index in [0.717, 1.165) is 0 Å². The van der Waals surface area contributed by atoms with Gasteiger partial charge in [-0.15, -0.1) is 0 Å². The van der Waals surface area contributed by atoms with Crippen molar-refractivity contribution in [2.75, 3.05) is 13.2 Å². The summed E-state index contributed by atoms with van der Waals surface area (Å²) >= 11 is 0. The van der Waals surface area contributed by atoms with Gasteiger partial charge in [-0.1, -0.05) is 25.9 Å². The molecule has 0 bridgehead atoms. The van der Waals surface area contributed by atoms with Crippen LogP contribution in [0.4, 0.5) is 0 Å². The number of nitrogens with zero attached hydrogens (tertiary/aromatic N) is 3. The Bertz CT molecular complexity index is 343. The molecule has 1 heterocycles. The van der Waals surface area contributed by atoms with Gasteiger partial charge in [-0.2, -0.15) is 0 Å². The highest BCUT2D eigenvalue weighted by Gasteiger charge is 2.37. The van der Waals surface area contributed by atoms with Crippen LogP contribution in [0.25, 0.3) is 10.4 Å². The molecule has 6 nitrogen and oxygen atoms in total. The van der Waals surface area contributed by atoms with Crippen molar-refractivity contribution in [3.63, 3.8) is 0 Å². The molecule has 0 aromatic rings. The molecule has 19 heavy (non-hydrogen) atoms. The molecular formula is C11H23BN3O3Si. The summed E-state index contributed by atoms with van der Waals surface area (Å²) in [4.78, 5) is 2.82. The van der Waals surface area contributed by atoms with Crippen LogP contribution in [0.2, 0.25) is 18.1 Å². The molecule has 8 heteroatoms. The summed E-state index contributed by atoms with van der Waals surface area (Å²) in [6.07, 6.45) is 0.546. The topological polar surface area (TPSA) is 76.5 Å². The molecule has 0 aliphatic carbocycles. The first-order valence-corrected chi connectivity index (χ1v) is 9.45. The van der Waals surface area contributed by atoms with Crippen LogP contribution >= 0.6 is 0 Å². The van der Waals surface area contributed by atoms with E-state index in [1.807, 2.05) is 0 Å². The minimum Gasteiger partial charge on any atom is -0.417 e. The average molecular weight is 284 g/mol. The van der Waals surface area contributed by atoms with Gasteiger partial charge in [0.25, 0.3) is 0 Å². The molecule has 0 aromatic heterocycles. The Morgan fingerprint density at radius 3 is 2.74 bits per heavy atom. The molecule has 0 spiro atoms. The first kappa shape index (κ1) is 16.5. The lowest BCUT2D eigenvalue weighted by molar-refractivity contribution is 0.0491. The molecule has 1 aliphatic heterocycles. The van der Waals surface area contributed by atoms with Crippen LogP contribution < -0.4 is 0 Å². The molecule has 0 unspecified atom stereocenters. The minimum absolute atomic E-state index is 0.158. The molecule has 0 N–H and O–H groups in total. The van der Waals surface area contributed by atoms with Crippen molar-refractivity contribution < 1.29 is 13.7 Å². The van der Waals surface area contributed by atoms with Crippen molar-refractivity contribution in [1.82, 2.24) is 0 Å². The molecule has 1 aliphatic rings. The van der Waals surface area contributed by atoms with Gasteiger partial charge in [-0.3, -0.25) is 0 Å². The SMILES string of the molecule is CC(C)(C)[Si](C)(C)OCC[C@H]1O[B]OC[C@@H]1N=[N+]=[N-]. The highest BCUT2D eigenvalue weighted by molar-refractivity contribution is 6.74. The van der Waals surface area contributed by atoms with Crippen LogP contribution in [0.5, 0.6) is 0 Å². The number of azide groups is 1. The highest BCUT2D eigenvalue weighted by Crippen LogP contribution is 2.36. The molecule has 0 aromatic carbocycles. The Morgan fingerprint density at radius 2 is 2.16 bits per heavy atom. The predicted octanol–water partition coefficient (Wildman–Crippen LogP) is 3.03. The second-order valence-electron chi connectivity index (χ2n) is 6.27. The zero-order chi connectivity index (χ0) is 14.5. The van der Waals surface area contributed by atoms with E-state index in [-0.39, 0.29) is 17.2 Å². The third-order valence-electron chi connectivity index (χ3n) is 3.87. The first-order chi connectivity index (χ1) is 8.78. The smallest absolute Gasteiger partial charge is 0.417 e. The van der Waals surface area contributed by atoms with Gasteiger partial charge >= 0.3 is 7.69 Å². The van der Waals surface area contributed by atoms with Gasteiger partial charge in [0.05, 0.1) is 12.1 Å². The zero-order valence-corrected chi connectivity index (χ0v) is 13.4. The maximum Gasteiger partial charge on any atom is 0.488 e. The normalized spacial score (nSPS) is 24.5. The molecule has 1 saturated heterocycles.